The summed E-state index contributed by atoms with van der Waals surface area (Å²) in [6.07, 6.45) is 2.74. The van der Waals surface area contributed by atoms with E-state index in [1.807, 2.05) is 6.07 Å². The molecule has 1 unspecified atom stereocenters. The van der Waals surface area contributed by atoms with E-state index < -0.39 is 0 Å². The Labute approximate surface area is 137 Å². The fourth-order valence-electron chi connectivity index (χ4n) is 3.50. The largest absolute Gasteiger partial charge is 0.304 e. The average Bonchev–Trinajstić information content (AvgIpc) is 2.87. The van der Waals surface area contributed by atoms with Crippen LogP contribution in [0.5, 0.6) is 0 Å². The molecule has 0 spiro atoms. The zero-order chi connectivity index (χ0) is 14.7. The lowest BCUT2D eigenvalue weighted by Crippen LogP contribution is -2.48. The first-order chi connectivity index (χ1) is 10.2. The molecule has 0 aliphatic carbocycles. The van der Waals surface area contributed by atoms with Crippen molar-refractivity contribution >= 4 is 22.9 Å². The van der Waals surface area contributed by atoms with Crippen molar-refractivity contribution in [3.05, 3.63) is 21.3 Å². The predicted octanol–water partition coefficient (Wildman–Crippen LogP) is 2.86. The van der Waals surface area contributed by atoms with Crippen LogP contribution in [0.1, 0.15) is 17.7 Å². The van der Waals surface area contributed by atoms with Crippen LogP contribution in [0.15, 0.2) is 12.1 Å². The number of likely N-dealkylation sites (tertiary alicyclic amines) is 1. The van der Waals surface area contributed by atoms with Gasteiger partial charge in [0, 0.05) is 50.7 Å². The molecule has 0 saturated carbocycles. The summed E-state index contributed by atoms with van der Waals surface area (Å²) < 4.78 is 0.913. The second kappa shape index (κ2) is 7.42. The van der Waals surface area contributed by atoms with E-state index in [1.54, 1.807) is 11.3 Å². The van der Waals surface area contributed by atoms with Crippen LogP contribution in [0.25, 0.3) is 0 Å². The molecule has 3 nitrogen and oxygen atoms in total. The smallest absolute Gasteiger partial charge is 0.0931 e. The number of nitrogens with zero attached hydrogens (tertiary/aromatic N) is 3. The molecular weight excluding hydrogens is 302 g/mol. The van der Waals surface area contributed by atoms with Crippen molar-refractivity contribution in [1.82, 2.24) is 14.7 Å². The van der Waals surface area contributed by atoms with Crippen molar-refractivity contribution < 1.29 is 0 Å². The van der Waals surface area contributed by atoms with E-state index in [1.165, 1.54) is 63.5 Å². The van der Waals surface area contributed by atoms with E-state index in [0.29, 0.717) is 0 Å². The van der Waals surface area contributed by atoms with Crippen molar-refractivity contribution in [3.63, 3.8) is 0 Å². The molecule has 2 aliphatic heterocycles. The molecule has 0 N–H and O–H groups in total. The molecule has 3 heterocycles. The number of thiophene rings is 1. The topological polar surface area (TPSA) is 9.72 Å². The van der Waals surface area contributed by atoms with Crippen LogP contribution >= 0.6 is 22.9 Å². The molecule has 2 fully saturated rings. The number of piperidine rings is 1. The third-order valence-corrected chi connectivity index (χ3v) is 5.94. The maximum atomic E-state index is 6.04. The minimum absolute atomic E-state index is 0.845. The van der Waals surface area contributed by atoms with Gasteiger partial charge in [-0.05, 0) is 44.5 Å². The van der Waals surface area contributed by atoms with Crippen molar-refractivity contribution in [3.8, 4) is 0 Å². The summed E-state index contributed by atoms with van der Waals surface area (Å²) in [5, 5.41) is 0. The van der Waals surface area contributed by atoms with E-state index >= 15 is 0 Å². The van der Waals surface area contributed by atoms with Crippen LogP contribution in [0.3, 0.4) is 0 Å². The highest BCUT2D eigenvalue weighted by Crippen LogP contribution is 2.25. The third kappa shape index (κ3) is 4.67. The first kappa shape index (κ1) is 15.8. The average molecular weight is 328 g/mol. The molecule has 0 bridgehead atoms. The molecule has 2 aliphatic rings. The summed E-state index contributed by atoms with van der Waals surface area (Å²) in [7, 11) is 2.23. The van der Waals surface area contributed by atoms with Gasteiger partial charge in [-0.1, -0.05) is 11.6 Å². The van der Waals surface area contributed by atoms with E-state index in [2.05, 4.69) is 27.8 Å². The lowest BCUT2D eigenvalue weighted by Gasteiger charge is -2.38. The van der Waals surface area contributed by atoms with Crippen LogP contribution in [0, 0.1) is 5.92 Å². The maximum Gasteiger partial charge on any atom is 0.0931 e. The lowest BCUT2D eigenvalue weighted by molar-refractivity contribution is 0.0970. The second-order valence-corrected chi connectivity index (χ2v) is 8.35. The Hall–Kier alpha value is -0.130. The van der Waals surface area contributed by atoms with Gasteiger partial charge in [0.05, 0.1) is 4.34 Å². The van der Waals surface area contributed by atoms with Crippen LogP contribution < -0.4 is 0 Å². The van der Waals surface area contributed by atoms with Gasteiger partial charge in [0.25, 0.3) is 0 Å². The lowest BCUT2D eigenvalue weighted by atomic mass is 9.97. The zero-order valence-corrected chi connectivity index (χ0v) is 14.5. The number of piperazine rings is 1. The Morgan fingerprint density at radius 2 is 1.95 bits per heavy atom. The Balaban J connectivity index is 1.46. The van der Waals surface area contributed by atoms with Gasteiger partial charge in [-0.2, -0.15) is 0 Å². The molecule has 0 amide bonds. The van der Waals surface area contributed by atoms with Gasteiger partial charge in [0.15, 0.2) is 0 Å². The fourth-order valence-corrected chi connectivity index (χ4v) is 4.63. The normalized spacial score (nSPS) is 26.3. The first-order valence-electron chi connectivity index (χ1n) is 8.06. The van der Waals surface area contributed by atoms with Crippen LogP contribution in [0.2, 0.25) is 4.34 Å². The number of likely N-dealkylation sites (N-methyl/N-ethyl adjacent to an activating group) is 1. The Morgan fingerprint density at radius 3 is 2.67 bits per heavy atom. The molecule has 1 aromatic heterocycles. The summed E-state index contributed by atoms with van der Waals surface area (Å²) in [5.74, 6) is 0.845. The molecule has 1 atom stereocenters. The third-order valence-electron chi connectivity index (χ3n) is 4.72. The van der Waals surface area contributed by atoms with Gasteiger partial charge in [-0.25, -0.2) is 0 Å². The second-order valence-electron chi connectivity index (χ2n) is 6.55. The highest BCUT2D eigenvalue weighted by Gasteiger charge is 2.23. The number of hydrogen-bond donors (Lipinski definition) is 0. The van der Waals surface area contributed by atoms with Crippen molar-refractivity contribution in [2.45, 2.75) is 19.4 Å². The zero-order valence-electron chi connectivity index (χ0n) is 12.9. The van der Waals surface area contributed by atoms with Crippen molar-refractivity contribution in [1.29, 1.82) is 0 Å². The van der Waals surface area contributed by atoms with Gasteiger partial charge in [0.2, 0.25) is 0 Å². The number of halogens is 1. The Kier molecular flexibility index (Phi) is 5.57. The van der Waals surface area contributed by atoms with Gasteiger partial charge >= 0.3 is 0 Å². The standard InChI is InChI=1S/C16H26ClN3S/c1-18-7-9-19(10-8-18)11-14-3-2-6-20(12-14)13-15-4-5-16(17)21-15/h4-5,14H,2-3,6-13H2,1H3. The SMILES string of the molecule is CN1CCN(CC2CCCN(Cc3ccc(Cl)s3)C2)CC1. The van der Waals surface area contributed by atoms with E-state index in [4.69, 9.17) is 11.6 Å². The van der Waals surface area contributed by atoms with Crippen LogP contribution in [-0.2, 0) is 6.54 Å². The van der Waals surface area contributed by atoms with Crippen LogP contribution in [-0.4, -0.2) is 67.6 Å². The van der Waals surface area contributed by atoms with E-state index in [9.17, 15) is 0 Å². The van der Waals surface area contributed by atoms with Crippen LogP contribution in [0.4, 0.5) is 0 Å². The summed E-state index contributed by atoms with van der Waals surface area (Å²) in [5.41, 5.74) is 0. The highest BCUT2D eigenvalue weighted by molar-refractivity contribution is 7.16. The molecule has 0 radical (unpaired) electrons. The highest BCUT2D eigenvalue weighted by atomic mass is 35.5. The summed E-state index contributed by atoms with van der Waals surface area (Å²) in [6.45, 7) is 9.80. The Morgan fingerprint density at radius 1 is 1.14 bits per heavy atom. The molecule has 0 aromatic carbocycles. The molecule has 21 heavy (non-hydrogen) atoms. The molecule has 5 heteroatoms. The predicted molar refractivity (Wildman–Crippen MR) is 91.3 cm³/mol. The number of hydrogen-bond acceptors (Lipinski definition) is 4. The van der Waals surface area contributed by atoms with Gasteiger partial charge < -0.3 is 9.80 Å². The van der Waals surface area contributed by atoms with Gasteiger partial charge in [-0.3, -0.25) is 4.90 Å². The molecule has 118 valence electrons. The Bertz CT molecular complexity index is 442. The van der Waals surface area contributed by atoms with E-state index in [-0.39, 0.29) is 0 Å². The monoisotopic (exact) mass is 327 g/mol. The van der Waals surface area contributed by atoms with E-state index in [0.717, 1.165) is 16.8 Å². The fraction of sp³-hybridized carbons (Fsp3) is 0.750. The maximum absolute atomic E-state index is 6.04. The van der Waals surface area contributed by atoms with Crippen molar-refractivity contribution in [2.75, 3.05) is 52.9 Å². The summed E-state index contributed by atoms with van der Waals surface area (Å²) in [6, 6.07) is 4.20. The first-order valence-corrected chi connectivity index (χ1v) is 9.26. The van der Waals surface area contributed by atoms with Crippen molar-refractivity contribution in [2.24, 2.45) is 5.92 Å². The quantitative estimate of drug-likeness (QED) is 0.842. The minimum Gasteiger partial charge on any atom is -0.304 e. The molecule has 3 rings (SSSR count). The minimum atomic E-state index is 0.845. The summed E-state index contributed by atoms with van der Waals surface area (Å²) >= 11 is 7.76. The molecule has 2 saturated heterocycles. The molecular formula is C16H26ClN3S. The summed E-state index contributed by atoms with van der Waals surface area (Å²) in [4.78, 5) is 9.12. The van der Waals surface area contributed by atoms with Gasteiger partial charge in [0.1, 0.15) is 0 Å². The molecule has 1 aromatic rings. The number of rotatable bonds is 4. The van der Waals surface area contributed by atoms with Gasteiger partial charge in [-0.15, -0.1) is 11.3 Å².